The van der Waals surface area contributed by atoms with E-state index in [1.54, 1.807) is 11.3 Å². The number of hydrogen-bond donors (Lipinski definition) is 2. The Morgan fingerprint density at radius 2 is 2.32 bits per heavy atom. The lowest BCUT2D eigenvalue weighted by Gasteiger charge is -2.16. The maximum absolute atomic E-state index is 8.69. The van der Waals surface area contributed by atoms with Gasteiger partial charge in [0.25, 0.3) is 0 Å². The quantitative estimate of drug-likeness (QED) is 0.388. The summed E-state index contributed by atoms with van der Waals surface area (Å²) in [5.41, 5.74) is 8.40. The molecule has 0 fully saturated rings. The van der Waals surface area contributed by atoms with Crippen molar-refractivity contribution in [3.8, 4) is 0 Å². The molecule has 0 aliphatic carbocycles. The number of nitrogens with two attached hydrogens (primary N) is 1. The van der Waals surface area contributed by atoms with Crippen molar-refractivity contribution in [1.82, 2.24) is 4.98 Å². The summed E-state index contributed by atoms with van der Waals surface area (Å²) < 4.78 is 0. The molecule has 0 aliphatic heterocycles. The number of anilines is 1. The highest BCUT2D eigenvalue weighted by atomic mass is 32.1. The third-order valence-electron chi connectivity index (χ3n) is 2.68. The number of amidine groups is 1. The van der Waals surface area contributed by atoms with E-state index in [0.717, 1.165) is 22.9 Å². The summed E-state index contributed by atoms with van der Waals surface area (Å²) in [5, 5.41) is 14.7. The molecule has 0 bridgehead atoms. The number of aryl methyl sites for hydroxylation is 1. The first kappa shape index (κ1) is 13.4. The van der Waals surface area contributed by atoms with E-state index >= 15 is 0 Å². The molecule has 0 saturated heterocycles. The van der Waals surface area contributed by atoms with Crippen LogP contribution in [0.2, 0.25) is 0 Å². The maximum Gasteiger partial charge on any atom is 0.185 e. The number of oxime groups is 1. The average molecular weight is 276 g/mol. The Bertz CT molecular complexity index is 594. The van der Waals surface area contributed by atoms with Gasteiger partial charge in [-0.25, -0.2) is 4.98 Å². The zero-order chi connectivity index (χ0) is 13.8. The molecule has 2 aromatic rings. The van der Waals surface area contributed by atoms with Gasteiger partial charge in [0.2, 0.25) is 0 Å². The molecule has 6 heteroatoms. The minimum Gasteiger partial charge on any atom is -0.409 e. The van der Waals surface area contributed by atoms with Crippen LogP contribution in [0, 0.1) is 6.92 Å². The minimum absolute atomic E-state index is 0.120. The molecule has 0 saturated carbocycles. The summed E-state index contributed by atoms with van der Waals surface area (Å²) in [6.07, 6.45) is 0. The fourth-order valence-corrected chi connectivity index (χ4v) is 2.51. The van der Waals surface area contributed by atoms with Crippen molar-refractivity contribution in [1.29, 1.82) is 0 Å². The van der Waals surface area contributed by atoms with Crippen LogP contribution in [-0.2, 0) is 6.54 Å². The molecule has 0 atom stereocenters. The van der Waals surface area contributed by atoms with Crippen LogP contribution in [0.3, 0.4) is 0 Å². The molecule has 0 unspecified atom stereocenters. The second-order valence-electron chi connectivity index (χ2n) is 4.31. The second-order valence-corrected chi connectivity index (χ2v) is 5.15. The lowest BCUT2D eigenvalue weighted by Crippen LogP contribution is -2.17. The smallest absolute Gasteiger partial charge is 0.185 e. The van der Waals surface area contributed by atoms with E-state index in [0.29, 0.717) is 5.56 Å². The largest absolute Gasteiger partial charge is 0.409 e. The maximum atomic E-state index is 8.69. The Labute approximate surface area is 116 Å². The Balaban J connectivity index is 2.15. The van der Waals surface area contributed by atoms with Gasteiger partial charge in [-0.1, -0.05) is 23.4 Å². The van der Waals surface area contributed by atoms with Gasteiger partial charge < -0.3 is 15.8 Å². The van der Waals surface area contributed by atoms with Crippen molar-refractivity contribution in [2.45, 2.75) is 13.5 Å². The molecule has 5 nitrogen and oxygen atoms in total. The third-order valence-corrected chi connectivity index (χ3v) is 3.76. The van der Waals surface area contributed by atoms with Gasteiger partial charge in [-0.2, -0.15) is 0 Å². The van der Waals surface area contributed by atoms with E-state index in [-0.39, 0.29) is 5.84 Å². The summed E-state index contributed by atoms with van der Waals surface area (Å²) in [7, 11) is 1.99. The molecule has 0 amide bonds. The topological polar surface area (TPSA) is 74.7 Å². The van der Waals surface area contributed by atoms with E-state index < -0.39 is 0 Å². The van der Waals surface area contributed by atoms with Crippen LogP contribution in [0.4, 0.5) is 5.13 Å². The van der Waals surface area contributed by atoms with Crippen LogP contribution in [0.25, 0.3) is 0 Å². The van der Waals surface area contributed by atoms with Gasteiger partial charge in [0, 0.05) is 24.5 Å². The molecule has 1 aromatic carbocycles. The summed E-state index contributed by atoms with van der Waals surface area (Å²) in [4.78, 5) is 6.51. The monoisotopic (exact) mass is 276 g/mol. The number of rotatable bonds is 4. The SMILES string of the molecule is Cc1csc(N(C)Cc2cccc(C(N)=NO)c2)n1. The van der Waals surface area contributed by atoms with E-state index in [1.807, 2.05) is 43.6 Å². The predicted octanol–water partition coefficient (Wildman–Crippen LogP) is 2.18. The highest BCUT2D eigenvalue weighted by Gasteiger charge is 2.07. The predicted molar refractivity (Wildman–Crippen MR) is 77.9 cm³/mol. The van der Waals surface area contributed by atoms with Crippen LogP contribution < -0.4 is 10.6 Å². The third kappa shape index (κ3) is 3.23. The van der Waals surface area contributed by atoms with Crippen LogP contribution in [0.1, 0.15) is 16.8 Å². The standard InChI is InChI=1S/C13H16N4OS/c1-9-8-19-13(15-9)17(2)7-10-4-3-5-11(6-10)12(14)16-18/h3-6,8,18H,7H2,1-2H3,(H2,14,16). The average Bonchev–Trinajstić information content (AvgIpc) is 2.85. The van der Waals surface area contributed by atoms with Gasteiger partial charge in [0.05, 0.1) is 5.69 Å². The van der Waals surface area contributed by atoms with Gasteiger partial charge in [0.15, 0.2) is 11.0 Å². The molecule has 1 heterocycles. The first-order chi connectivity index (χ1) is 9.10. The minimum atomic E-state index is 0.120. The molecule has 100 valence electrons. The van der Waals surface area contributed by atoms with Gasteiger partial charge in [0.1, 0.15) is 0 Å². The Kier molecular flexibility index (Phi) is 4.01. The van der Waals surface area contributed by atoms with Crippen LogP contribution >= 0.6 is 11.3 Å². The lowest BCUT2D eigenvalue weighted by atomic mass is 10.1. The Morgan fingerprint density at radius 1 is 1.53 bits per heavy atom. The molecule has 0 spiro atoms. The number of thiazole rings is 1. The fraction of sp³-hybridized carbons (Fsp3) is 0.231. The van der Waals surface area contributed by atoms with Crippen molar-refractivity contribution in [3.05, 3.63) is 46.5 Å². The van der Waals surface area contributed by atoms with Crippen molar-refractivity contribution in [2.24, 2.45) is 10.9 Å². The summed E-state index contributed by atoms with van der Waals surface area (Å²) in [6.45, 7) is 2.70. The molecule has 0 aliphatic rings. The van der Waals surface area contributed by atoms with Gasteiger partial charge in [-0.3, -0.25) is 0 Å². The zero-order valence-electron chi connectivity index (χ0n) is 10.9. The van der Waals surface area contributed by atoms with Gasteiger partial charge in [-0.15, -0.1) is 11.3 Å². The van der Waals surface area contributed by atoms with Crippen molar-refractivity contribution in [2.75, 3.05) is 11.9 Å². The van der Waals surface area contributed by atoms with Crippen LogP contribution in [0.15, 0.2) is 34.8 Å². The highest BCUT2D eigenvalue weighted by Crippen LogP contribution is 2.20. The molecule has 3 N–H and O–H groups in total. The van der Waals surface area contributed by atoms with Gasteiger partial charge in [-0.05, 0) is 18.6 Å². The molecule has 19 heavy (non-hydrogen) atoms. The zero-order valence-corrected chi connectivity index (χ0v) is 11.7. The number of benzene rings is 1. The fourth-order valence-electron chi connectivity index (χ4n) is 1.75. The van der Waals surface area contributed by atoms with Crippen LogP contribution in [-0.4, -0.2) is 23.1 Å². The lowest BCUT2D eigenvalue weighted by molar-refractivity contribution is 0.318. The van der Waals surface area contributed by atoms with Crippen molar-refractivity contribution >= 4 is 22.3 Å². The second kappa shape index (κ2) is 5.71. The number of aromatic nitrogens is 1. The highest BCUT2D eigenvalue weighted by molar-refractivity contribution is 7.13. The van der Waals surface area contributed by atoms with Crippen LogP contribution in [0.5, 0.6) is 0 Å². The molecule has 0 radical (unpaired) electrons. The summed E-state index contributed by atoms with van der Waals surface area (Å²) in [5.74, 6) is 0.120. The Morgan fingerprint density at radius 3 is 2.95 bits per heavy atom. The van der Waals surface area contributed by atoms with E-state index in [1.165, 1.54) is 0 Å². The van der Waals surface area contributed by atoms with Gasteiger partial charge >= 0.3 is 0 Å². The summed E-state index contributed by atoms with van der Waals surface area (Å²) >= 11 is 1.62. The molecular formula is C13H16N4OS. The Hall–Kier alpha value is -2.08. The molecule has 1 aromatic heterocycles. The van der Waals surface area contributed by atoms with E-state index in [4.69, 9.17) is 10.9 Å². The first-order valence-electron chi connectivity index (χ1n) is 5.80. The number of nitrogens with zero attached hydrogens (tertiary/aromatic N) is 3. The number of hydrogen-bond acceptors (Lipinski definition) is 5. The van der Waals surface area contributed by atoms with E-state index in [9.17, 15) is 0 Å². The summed E-state index contributed by atoms with van der Waals surface area (Å²) in [6, 6.07) is 7.62. The van der Waals surface area contributed by atoms with Crippen molar-refractivity contribution in [3.63, 3.8) is 0 Å². The van der Waals surface area contributed by atoms with E-state index in [2.05, 4.69) is 15.0 Å². The normalized spacial score (nSPS) is 11.6. The molecule has 2 rings (SSSR count). The van der Waals surface area contributed by atoms with Crippen molar-refractivity contribution < 1.29 is 5.21 Å². The first-order valence-corrected chi connectivity index (χ1v) is 6.68. The molecular weight excluding hydrogens is 260 g/mol.